The molecule has 0 N–H and O–H groups in total. The molecule has 0 atom stereocenters. The Bertz CT molecular complexity index is 618. The Kier molecular flexibility index (Phi) is 2.23. The first-order chi connectivity index (χ1) is 6.98. The van der Waals surface area contributed by atoms with Crippen molar-refractivity contribution < 1.29 is 13.0 Å². The van der Waals surface area contributed by atoms with Gasteiger partial charge in [0, 0.05) is 23.8 Å². The van der Waals surface area contributed by atoms with Gasteiger partial charge in [-0.2, -0.15) is 0 Å². The van der Waals surface area contributed by atoms with Crippen LogP contribution in [0.1, 0.15) is 0 Å². The summed E-state index contributed by atoms with van der Waals surface area (Å²) in [5.41, 5.74) is 1.02. The van der Waals surface area contributed by atoms with Gasteiger partial charge < -0.3 is 0 Å². The fourth-order valence-electron chi connectivity index (χ4n) is 1.57. The molecule has 2 rings (SSSR count). The predicted molar refractivity (Wildman–Crippen MR) is 58.2 cm³/mol. The summed E-state index contributed by atoms with van der Waals surface area (Å²) in [6.45, 7) is 0. The van der Waals surface area contributed by atoms with Crippen molar-refractivity contribution in [2.45, 2.75) is 4.90 Å². The Labute approximate surface area is 88.9 Å². The third-order valence-corrected chi connectivity index (χ3v) is 3.50. The highest BCUT2D eigenvalue weighted by molar-refractivity contribution is 7.90. The quantitative estimate of drug-likeness (QED) is 0.677. The minimum Gasteiger partial charge on any atom is -0.224 e. The molecule has 1 aromatic heterocycles. The largest absolute Gasteiger partial charge is 0.224 e. The lowest BCUT2D eigenvalue weighted by molar-refractivity contribution is -0.644. The number of fused-ring (bicyclic) bond motifs is 1. The van der Waals surface area contributed by atoms with Gasteiger partial charge in [-0.15, -0.1) is 0 Å². The van der Waals surface area contributed by atoms with E-state index in [0.717, 1.165) is 10.9 Å². The van der Waals surface area contributed by atoms with Crippen LogP contribution < -0.4 is 4.57 Å². The molecule has 0 aliphatic carbocycles. The minimum atomic E-state index is -3.12. The van der Waals surface area contributed by atoms with Crippen LogP contribution in [0.4, 0.5) is 0 Å². The summed E-state index contributed by atoms with van der Waals surface area (Å²) in [5.74, 6) is 0. The first-order valence-corrected chi connectivity index (χ1v) is 6.46. The van der Waals surface area contributed by atoms with Crippen LogP contribution in [0.3, 0.4) is 0 Å². The van der Waals surface area contributed by atoms with Crippen LogP contribution in [0.15, 0.2) is 41.4 Å². The molecule has 1 aromatic carbocycles. The van der Waals surface area contributed by atoms with Gasteiger partial charge in [0.1, 0.15) is 7.05 Å². The van der Waals surface area contributed by atoms with Crippen molar-refractivity contribution in [3.8, 4) is 0 Å². The third-order valence-electron chi connectivity index (χ3n) is 2.39. The maximum atomic E-state index is 11.4. The lowest BCUT2D eigenvalue weighted by Gasteiger charge is -1.99. The summed E-state index contributed by atoms with van der Waals surface area (Å²) in [6, 6.07) is 8.96. The maximum absolute atomic E-state index is 11.4. The molecule has 0 aliphatic rings. The molecular weight excluding hydrogens is 210 g/mol. The van der Waals surface area contributed by atoms with Crippen LogP contribution in [0.25, 0.3) is 10.9 Å². The average Bonchev–Trinajstić information content (AvgIpc) is 2.16. The number of rotatable bonds is 1. The molecule has 0 amide bonds. The van der Waals surface area contributed by atoms with Gasteiger partial charge in [-0.3, -0.25) is 0 Å². The van der Waals surface area contributed by atoms with Crippen LogP contribution in [0.5, 0.6) is 0 Å². The van der Waals surface area contributed by atoms with Crippen molar-refractivity contribution in [1.29, 1.82) is 0 Å². The van der Waals surface area contributed by atoms with Gasteiger partial charge in [0.25, 0.3) is 0 Å². The Balaban J connectivity index is 2.79. The number of hydrogen-bond donors (Lipinski definition) is 0. The molecular formula is C11H12NO2S+. The lowest BCUT2D eigenvalue weighted by Crippen LogP contribution is -2.27. The van der Waals surface area contributed by atoms with E-state index in [4.69, 9.17) is 0 Å². The van der Waals surface area contributed by atoms with E-state index in [9.17, 15) is 8.42 Å². The molecule has 1 heterocycles. The van der Waals surface area contributed by atoms with E-state index in [1.54, 1.807) is 12.1 Å². The first-order valence-electron chi connectivity index (χ1n) is 4.57. The lowest BCUT2D eigenvalue weighted by atomic mass is 10.2. The number of sulfone groups is 1. The molecule has 0 bridgehead atoms. The summed E-state index contributed by atoms with van der Waals surface area (Å²) in [6.07, 6.45) is 3.15. The van der Waals surface area contributed by atoms with Gasteiger partial charge in [-0.25, -0.2) is 13.0 Å². The van der Waals surface area contributed by atoms with Crippen molar-refractivity contribution >= 4 is 20.7 Å². The van der Waals surface area contributed by atoms with Crippen LogP contribution in [-0.2, 0) is 16.9 Å². The van der Waals surface area contributed by atoms with Gasteiger partial charge in [0.15, 0.2) is 16.0 Å². The van der Waals surface area contributed by atoms with E-state index in [-0.39, 0.29) is 0 Å². The van der Waals surface area contributed by atoms with E-state index in [0.29, 0.717) is 4.90 Å². The standard InChI is InChI=1S/C11H12NO2S/c1-12-7-3-4-9-8-10(15(2,13)14)5-6-11(9)12/h3-8H,1-2H3/q+1. The molecule has 0 fully saturated rings. The SMILES string of the molecule is C[n+]1cccc2cc(S(C)(=O)=O)ccc21. The van der Waals surface area contributed by atoms with Crippen molar-refractivity contribution in [1.82, 2.24) is 0 Å². The predicted octanol–water partition coefficient (Wildman–Crippen LogP) is 1.07. The number of aryl methyl sites for hydroxylation is 1. The van der Waals surface area contributed by atoms with E-state index < -0.39 is 9.84 Å². The summed E-state index contributed by atoms with van der Waals surface area (Å²) >= 11 is 0. The van der Waals surface area contributed by atoms with E-state index in [1.165, 1.54) is 6.26 Å². The normalized spacial score (nSPS) is 11.9. The second kappa shape index (κ2) is 3.31. The summed E-state index contributed by atoms with van der Waals surface area (Å²) in [7, 11) is -1.18. The van der Waals surface area contributed by atoms with Crippen molar-refractivity contribution in [3.63, 3.8) is 0 Å². The van der Waals surface area contributed by atoms with Crippen LogP contribution in [-0.4, -0.2) is 14.7 Å². The molecule has 0 spiro atoms. The molecule has 15 heavy (non-hydrogen) atoms. The molecule has 0 aliphatic heterocycles. The second-order valence-corrected chi connectivity index (χ2v) is 5.63. The van der Waals surface area contributed by atoms with Gasteiger partial charge in [0.05, 0.1) is 4.90 Å². The molecule has 0 unspecified atom stereocenters. The fourth-order valence-corrected chi connectivity index (χ4v) is 2.23. The molecule has 4 heteroatoms. The number of benzene rings is 1. The van der Waals surface area contributed by atoms with Crippen LogP contribution >= 0.6 is 0 Å². The van der Waals surface area contributed by atoms with Gasteiger partial charge in [0.2, 0.25) is 5.52 Å². The monoisotopic (exact) mass is 222 g/mol. The third kappa shape index (κ3) is 1.85. The molecule has 2 aromatic rings. The van der Waals surface area contributed by atoms with Crippen molar-refractivity contribution in [3.05, 3.63) is 36.5 Å². The Morgan fingerprint density at radius 1 is 1.20 bits per heavy atom. The Hall–Kier alpha value is -1.42. The van der Waals surface area contributed by atoms with Crippen molar-refractivity contribution in [2.24, 2.45) is 7.05 Å². The zero-order valence-corrected chi connectivity index (χ0v) is 9.45. The molecule has 0 saturated heterocycles. The van der Waals surface area contributed by atoms with Gasteiger partial charge in [-0.1, -0.05) is 0 Å². The molecule has 3 nitrogen and oxygen atoms in total. The second-order valence-electron chi connectivity index (χ2n) is 3.61. The first kappa shape index (κ1) is 10.1. The smallest absolute Gasteiger partial charge is 0.212 e. The Morgan fingerprint density at radius 2 is 1.93 bits per heavy atom. The number of aromatic nitrogens is 1. The maximum Gasteiger partial charge on any atom is 0.212 e. The fraction of sp³-hybridized carbons (Fsp3) is 0.182. The van der Waals surface area contributed by atoms with Crippen LogP contribution in [0.2, 0.25) is 0 Å². The molecule has 78 valence electrons. The van der Waals surface area contributed by atoms with E-state index in [1.807, 2.05) is 36.0 Å². The van der Waals surface area contributed by atoms with Crippen LogP contribution in [0, 0.1) is 0 Å². The molecule has 0 radical (unpaired) electrons. The van der Waals surface area contributed by atoms with E-state index in [2.05, 4.69) is 0 Å². The van der Waals surface area contributed by atoms with E-state index >= 15 is 0 Å². The highest BCUT2D eigenvalue weighted by atomic mass is 32.2. The zero-order valence-electron chi connectivity index (χ0n) is 8.64. The zero-order chi connectivity index (χ0) is 11.1. The minimum absolute atomic E-state index is 0.362. The number of hydrogen-bond acceptors (Lipinski definition) is 2. The highest BCUT2D eigenvalue weighted by Gasteiger charge is 2.10. The highest BCUT2D eigenvalue weighted by Crippen LogP contribution is 2.15. The summed E-state index contributed by atoms with van der Waals surface area (Å²) in [4.78, 5) is 0.362. The number of nitrogens with zero attached hydrogens (tertiary/aromatic N) is 1. The van der Waals surface area contributed by atoms with Crippen molar-refractivity contribution in [2.75, 3.05) is 6.26 Å². The Morgan fingerprint density at radius 3 is 2.60 bits per heavy atom. The van der Waals surface area contributed by atoms with Gasteiger partial charge >= 0.3 is 0 Å². The topological polar surface area (TPSA) is 38.0 Å². The average molecular weight is 222 g/mol. The number of pyridine rings is 1. The summed E-state index contributed by atoms with van der Waals surface area (Å²) in [5, 5.41) is 0.933. The molecule has 0 saturated carbocycles. The van der Waals surface area contributed by atoms with Gasteiger partial charge in [-0.05, 0) is 18.2 Å². The summed E-state index contributed by atoms with van der Waals surface area (Å²) < 4.78 is 24.7.